The van der Waals surface area contributed by atoms with E-state index in [2.05, 4.69) is 21.9 Å². The monoisotopic (exact) mass is 630 g/mol. The summed E-state index contributed by atoms with van der Waals surface area (Å²) in [6, 6.07) is 3.34. The minimum Gasteiger partial charge on any atom is -0.497 e. The van der Waals surface area contributed by atoms with Gasteiger partial charge in [-0.2, -0.15) is 0 Å². The molecule has 2 aromatic rings. The SMILES string of the molecule is C=CCCC[C@@H]1C[C@H]1OC(=O)N[C@@H](C)C(=O)N1C[C@H](Oc2nc3cc(OC)ccc3nc2Cl)[C@@H](CC)[C@H]1C(=O)OCC(C)C. The van der Waals surface area contributed by atoms with Crippen molar-refractivity contribution in [3.05, 3.63) is 36.0 Å². The van der Waals surface area contributed by atoms with Gasteiger partial charge in [0.2, 0.25) is 5.91 Å². The van der Waals surface area contributed by atoms with Crippen LogP contribution in [0.5, 0.6) is 11.6 Å². The number of allylic oxidation sites excluding steroid dienone is 1. The third kappa shape index (κ3) is 8.11. The van der Waals surface area contributed by atoms with Gasteiger partial charge < -0.3 is 29.2 Å². The van der Waals surface area contributed by atoms with Gasteiger partial charge in [0.1, 0.15) is 30.0 Å². The summed E-state index contributed by atoms with van der Waals surface area (Å²) in [6.07, 6.45) is 4.63. The Labute approximate surface area is 263 Å². The van der Waals surface area contributed by atoms with Crippen LogP contribution in [0.3, 0.4) is 0 Å². The number of aromatic nitrogens is 2. The minimum atomic E-state index is -0.950. The molecule has 6 atom stereocenters. The first-order valence-corrected chi connectivity index (χ1v) is 15.7. The highest BCUT2D eigenvalue weighted by Crippen LogP contribution is 2.38. The number of fused-ring (bicyclic) bond motifs is 1. The molecule has 1 saturated heterocycles. The third-order valence-corrected chi connectivity index (χ3v) is 8.26. The van der Waals surface area contributed by atoms with Gasteiger partial charge in [0.15, 0.2) is 5.15 Å². The fourth-order valence-corrected chi connectivity index (χ4v) is 5.72. The second-order valence-electron chi connectivity index (χ2n) is 11.9. The molecule has 0 spiro atoms. The Bertz CT molecular complexity index is 1360. The van der Waals surface area contributed by atoms with Gasteiger partial charge in [-0.25, -0.2) is 19.6 Å². The molecule has 44 heavy (non-hydrogen) atoms. The van der Waals surface area contributed by atoms with E-state index in [1.165, 1.54) is 4.90 Å². The fourth-order valence-electron chi connectivity index (χ4n) is 5.54. The zero-order chi connectivity index (χ0) is 32.0. The zero-order valence-electron chi connectivity index (χ0n) is 26.1. The number of carbonyl (C=O) groups is 3. The number of halogens is 1. The molecule has 1 N–H and O–H groups in total. The molecular formula is C32H43ClN4O7. The summed E-state index contributed by atoms with van der Waals surface area (Å²) >= 11 is 6.46. The molecule has 1 saturated carbocycles. The normalized spacial score (nSPS) is 23.2. The average Bonchev–Trinajstić information content (AvgIpc) is 3.62. The number of benzene rings is 1. The lowest BCUT2D eigenvalue weighted by atomic mass is 9.95. The summed E-state index contributed by atoms with van der Waals surface area (Å²) in [5, 5.41) is 2.70. The Morgan fingerprint density at radius 2 is 1.95 bits per heavy atom. The van der Waals surface area contributed by atoms with Crippen LogP contribution in [0.1, 0.15) is 59.8 Å². The second-order valence-corrected chi connectivity index (χ2v) is 12.2. The quantitative estimate of drug-likeness (QED) is 0.167. The van der Waals surface area contributed by atoms with Gasteiger partial charge in [0.25, 0.3) is 5.88 Å². The number of carbonyl (C=O) groups excluding carboxylic acids is 3. The van der Waals surface area contributed by atoms with Crippen molar-refractivity contribution in [3.63, 3.8) is 0 Å². The summed E-state index contributed by atoms with van der Waals surface area (Å²) in [4.78, 5) is 50.2. The molecule has 2 aliphatic rings. The van der Waals surface area contributed by atoms with E-state index in [4.69, 9.17) is 30.5 Å². The predicted molar refractivity (Wildman–Crippen MR) is 166 cm³/mol. The van der Waals surface area contributed by atoms with Crippen LogP contribution in [0, 0.1) is 17.8 Å². The number of esters is 1. The lowest BCUT2D eigenvalue weighted by molar-refractivity contribution is -0.156. The van der Waals surface area contributed by atoms with E-state index in [9.17, 15) is 14.4 Å². The lowest BCUT2D eigenvalue weighted by Crippen LogP contribution is -2.52. The van der Waals surface area contributed by atoms with Crippen molar-refractivity contribution in [2.75, 3.05) is 20.3 Å². The van der Waals surface area contributed by atoms with Gasteiger partial charge in [0.05, 0.1) is 31.3 Å². The van der Waals surface area contributed by atoms with Crippen molar-refractivity contribution in [1.29, 1.82) is 0 Å². The molecule has 4 rings (SSSR count). The fraction of sp³-hybridized carbons (Fsp3) is 0.594. The van der Waals surface area contributed by atoms with Gasteiger partial charge in [-0.3, -0.25) is 4.79 Å². The Kier molecular flexibility index (Phi) is 11.3. The van der Waals surface area contributed by atoms with Crippen LogP contribution in [0.25, 0.3) is 11.0 Å². The number of hydrogen-bond donors (Lipinski definition) is 1. The first-order valence-electron chi connectivity index (χ1n) is 15.3. The first kappa shape index (κ1) is 33.3. The summed E-state index contributed by atoms with van der Waals surface area (Å²) in [6.45, 7) is 11.4. The molecule has 240 valence electrons. The van der Waals surface area contributed by atoms with Crippen LogP contribution in [0.2, 0.25) is 5.15 Å². The number of hydrogen-bond acceptors (Lipinski definition) is 9. The maximum atomic E-state index is 13.8. The Morgan fingerprint density at radius 3 is 2.64 bits per heavy atom. The molecule has 0 bridgehead atoms. The molecule has 2 heterocycles. The molecule has 12 heteroatoms. The number of unbranched alkanes of at least 4 members (excludes halogenated alkanes) is 1. The smallest absolute Gasteiger partial charge is 0.408 e. The Balaban J connectivity index is 1.49. The maximum absolute atomic E-state index is 13.8. The predicted octanol–water partition coefficient (Wildman–Crippen LogP) is 5.33. The van der Waals surface area contributed by atoms with Gasteiger partial charge in [-0.1, -0.05) is 38.4 Å². The number of nitrogens with one attached hydrogen (secondary N) is 1. The van der Waals surface area contributed by atoms with Crippen molar-refractivity contribution >= 4 is 40.6 Å². The number of rotatable bonds is 14. The van der Waals surface area contributed by atoms with Crippen LogP contribution in [0.15, 0.2) is 30.9 Å². The van der Waals surface area contributed by atoms with E-state index in [-0.39, 0.29) is 36.2 Å². The minimum absolute atomic E-state index is 0.0573. The Morgan fingerprint density at radius 1 is 1.18 bits per heavy atom. The zero-order valence-corrected chi connectivity index (χ0v) is 26.8. The molecule has 1 aliphatic carbocycles. The standard InChI is InChI=1S/C32H43ClN4O7/c1-7-9-10-11-20-14-25(20)44-32(40)34-19(5)30(38)37-16-26(22(8-2)27(37)31(39)42-17-18(3)4)43-29-28(33)35-23-13-12-21(41-6)15-24(23)36-29/h7,12-13,15,18-20,22,25-27H,1,8-11,14,16-17H2,2-6H3,(H,34,40)/t19-,20+,22+,25+,26-,27-/m0/s1. The highest BCUT2D eigenvalue weighted by atomic mass is 35.5. The van der Waals surface area contributed by atoms with Gasteiger partial charge in [-0.15, -0.1) is 6.58 Å². The van der Waals surface area contributed by atoms with Gasteiger partial charge in [-0.05, 0) is 63.0 Å². The highest BCUT2D eigenvalue weighted by molar-refractivity contribution is 6.31. The lowest BCUT2D eigenvalue weighted by Gasteiger charge is -2.28. The van der Waals surface area contributed by atoms with E-state index in [1.54, 1.807) is 32.2 Å². The van der Waals surface area contributed by atoms with E-state index in [1.807, 2.05) is 26.8 Å². The van der Waals surface area contributed by atoms with Gasteiger partial charge >= 0.3 is 12.1 Å². The molecule has 1 aliphatic heterocycles. The molecule has 0 unspecified atom stereocenters. The molecule has 11 nitrogen and oxygen atoms in total. The third-order valence-electron chi connectivity index (χ3n) is 8.02. The molecule has 0 radical (unpaired) electrons. The van der Waals surface area contributed by atoms with Crippen LogP contribution < -0.4 is 14.8 Å². The number of ether oxygens (including phenoxy) is 4. The van der Waals surface area contributed by atoms with Crippen molar-refractivity contribution in [3.8, 4) is 11.6 Å². The van der Waals surface area contributed by atoms with Crippen LogP contribution in [-0.2, 0) is 19.1 Å². The van der Waals surface area contributed by atoms with Crippen molar-refractivity contribution in [1.82, 2.24) is 20.2 Å². The van der Waals surface area contributed by atoms with E-state index in [0.717, 1.165) is 25.7 Å². The highest BCUT2D eigenvalue weighted by Gasteiger charge is 2.50. The van der Waals surface area contributed by atoms with Crippen molar-refractivity contribution in [2.45, 2.75) is 84.1 Å². The Hall–Kier alpha value is -3.60. The summed E-state index contributed by atoms with van der Waals surface area (Å²) < 4.78 is 22.7. The van der Waals surface area contributed by atoms with Crippen molar-refractivity contribution < 1.29 is 33.3 Å². The number of methoxy groups -OCH3 is 1. The summed E-state index contributed by atoms with van der Waals surface area (Å²) in [5.74, 6) is -0.279. The van der Waals surface area contributed by atoms with Crippen LogP contribution in [0.4, 0.5) is 4.79 Å². The summed E-state index contributed by atoms with van der Waals surface area (Å²) in [7, 11) is 1.56. The molecule has 1 aromatic carbocycles. The maximum Gasteiger partial charge on any atom is 0.408 e. The van der Waals surface area contributed by atoms with E-state index in [0.29, 0.717) is 29.1 Å². The van der Waals surface area contributed by atoms with E-state index >= 15 is 0 Å². The number of alkyl carbamates (subject to hydrolysis) is 1. The second kappa shape index (κ2) is 14.9. The first-order chi connectivity index (χ1) is 21.1. The number of amides is 2. The van der Waals surface area contributed by atoms with Gasteiger partial charge in [0, 0.05) is 12.0 Å². The topological polar surface area (TPSA) is 129 Å². The molecular weight excluding hydrogens is 588 g/mol. The molecule has 2 amide bonds. The average molecular weight is 631 g/mol. The molecule has 1 aromatic heterocycles. The molecule has 2 fully saturated rings. The van der Waals surface area contributed by atoms with Crippen LogP contribution in [-0.4, -0.2) is 77.4 Å². The number of nitrogens with zero attached hydrogens (tertiary/aromatic N) is 3. The van der Waals surface area contributed by atoms with Crippen molar-refractivity contribution in [2.24, 2.45) is 17.8 Å². The summed E-state index contributed by atoms with van der Waals surface area (Å²) in [5.41, 5.74) is 1.08. The number of likely N-dealkylation sites (tertiary alicyclic amines) is 1. The van der Waals surface area contributed by atoms with E-state index < -0.39 is 42.1 Å². The van der Waals surface area contributed by atoms with Crippen LogP contribution >= 0.6 is 11.6 Å². The largest absolute Gasteiger partial charge is 0.497 e.